The fourth-order valence-electron chi connectivity index (χ4n) is 2.22. The molecule has 2 nitrogen and oxygen atoms in total. The predicted octanol–water partition coefficient (Wildman–Crippen LogP) is 4.77. The van der Waals surface area contributed by atoms with Gasteiger partial charge in [0.25, 0.3) is 0 Å². The van der Waals surface area contributed by atoms with Crippen molar-refractivity contribution in [3.05, 3.63) is 65.2 Å². The molecule has 2 aromatic rings. The summed E-state index contributed by atoms with van der Waals surface area (Å²) in [6.07, 6.45) is 1.70. The van der Waals surface area contributed by atoms with E-state index in [-0.39, 0.29) is 5.92 Å². The van der Waals surface area contributed by atoms with Crippen LogP contribution in [0.15, 0.2) is 48.5 Å². The highest BCUT2D eigenvalue weighted by Gasteiger charge is 2.10. The van der Waals surface area contributed by atoms with Crippen molar-refractivity contribution in [2.45, 2.75) is 32.6 Å². The number of nitrogens with zero attached hydrogens (tertiary/aromatic N) is 1. The molecule has 2 rings (SSSR count). The molecule has 0 radical (unpaired) electrons. The predicted molar refractivity (Wildman–Crippen MR) is 85.4 cm³/mol. The molecule has 108 valence electrons. The monoisotopic (exact) mass is 279 g/mol. The molecule has 0 fully saturated rings. The first-order valence-electron chi connectivity index (χ1n) is 7.34. The van der Waals surface area contributed by atoms with Crippen LogP contribution in [0.4, 0.5) is 0 Å². The first kappa shape index (κ1) is 15.1. The minimum atomic E-state index is -0.0489. The highest BCUT2D eigenvalue weighted by Crippen LogP contribution is 2.21. The SMILES string of the molecule is Cc1ccc(OCCCC(C#N)c2ccc(C)cc2)cc1. The lowest BCUT2D eigenvalue weighted by molar-refractivity contribution is 0.305. The third-order valence-corrected chi connectivity index (χ3v) is 3.56. The van der Waals surface area contributed by atoms with E-state index < -0.39 is 0 Å². The average Bonchev–Trinajstić information content (AvgIpc) is 2.50. The molecule has 0 aliphatic rings. The molecule has 2 aromatic carbocycles. The zero-order valence-corrected chi connectivity index (χ0v) is 12.7. The van der Waals surface area contributed by atoms with E-state index >= 15 is 0 Å². The minimum Gasteiger partial charge on any atom is -0.494 e. The fraction of sp³-hybridized carbons (Fsp3) is 0.316. The normalized spacial score (nSPS) is 11.7. The second kappa shape index (κ2) is 7.50. The third kappa shape index (κ3) is 4.65. The molecule has 2 heteroatoms. The highest BCUT2D eigenvalue weighted by molar-refractivity contribution is 5.28. The largest absolute Gasteiger partial charge is 0.494 e. The Hall–Kier alpha value is -2.27. The summed E-state index contributed by atoms with van der Waals surface area (Å²) in [5.41, 5.74) is 3.54. The van der Waals surface area contributed by atoms with Gasteiger partial charge in [-0.1, -0.05) is 47.5 Å². The Kier molecular flexibility index (Phi) is 5.40. The molecule has 0 aromatic heterocycles. The molecule has 1 atom stereocenters. The highest BCUT2D eigenvalue weighted by atomic mass is 16.5. The van der Waals surface area contributed by atoms with Gasteiger partial charge in [0.1, 0.15) is 5.75 Å². The van der Waals surface area contributed by atoms with Crippen molar-refractivity contribution in [2.75, 3.05) is 6.61 Å². The molecule has 0 spiro atoms. The zero-order valence-electron chi connectivity index (χ0n) is 12.7. The standard InChI is InChI=1S/C19H21NO/c1-15-5-9-17(10-6-15)18(14-20)4-3-13-21-19-11-7-16(2)8-12-19/h5-12,18H,3-4,13H2,1-2H3. The topological polar surface area (TPSA) is 33.0 Å². The second-order valence-electron chi connectivity index (χ2n) is 5.40. The van der Waals surface area contributed by atoms with Gasteiger partial charge < -0.3 is 4.74 Å². The van der Waals surface area contributed by atoms with Gasteiger partial charge >= 0.3 is 0 Å². The quantitative estimate of drug-likeness (QED) is 0.713. The number of rotatable bonds is 6. The van der Waals surface area contributed by atoms with Crippen molar-refractivity contribution in [1.82, 2.24) is 0 Å². The molecule has 0 amide bonds. The van der Waals surface area contributed by atoms with Gasteiger partial charge in [-0.05, 0) is 44.4 Å². The average molecular weight is 279 g/mol. The van der Waals surface area contributed by atoms with Crippen LogP contribution >= 0.6 is 0 Å². The van der Waals surface area contributed by atoms with E-state index in [0.29, 0.717) is 6.61 Å². The summed E-state index contributed by atoms with van der Waals surface area (Å²) in [4.78, 5) is 0. The third-order valence-electron chi connectivity index (χ3n) is 3.56. The summed E-state index contributed by atoms with van der Waals surface area (Å²) < 4.78 is 5.70. The van der Waals surface area contributed by atoms with Gasteiger partial charge in [-0.15, -0.1) is 0 Å². The van der Waals surface area contributed by atoms with Crippen LogP contribution in [0.1, 0.15) is 35.4 Å². The van der Waals surface area contributed by atoms with Crippen molar-refractivity contribution in [3.63, 3.8) is 0 Å². The maximum atomic E-state index is 9.30. The molecule has 0 heterocycles. The van der Waals surface area contributed by atoms with Gasteiger partial charge in [-0.3, -0.25) is 0 Å². The summed E-state index contributed by atoms with van der Waals surface area (Å²) >= 11 is 0. The minimum absolute atomic E-state index is 0.0489. The van der Waals surface area contributed by atoms with Crippen LogP contribution in [0.3, 0.4) is 0 Å². The number of ether oxygens (including phenoxy) is 1. The lowest BCUT2D eigenvalue weighted by atomic mass is 9.95. The fourth-order valence-corrected chi connectivity index (χ4v) is 2.22. The summed E-state index contributed by atoms with van der Waals surface area (Å²) in [7, 11) is 0. The van der Waals surface area contributed by atoms with Gasteiger partial charge in [-0.25, -0.2) is 0 Å². The molecular formula is C19H21NO. The molecule has 21 heavy (non-hydrogen) atoms. The molecule has 0 bridgehead atoms. The van der Waals surface area contributed by atoms with Crippen LogP contribution < -0.4 is 4.74 Å². The summed E-state index contributed by atoms with van der Waals surface area (Å²) in [6, 6.07) is 18.6. The lowest BCUT2D eigenvalue weighted by Gasteiger charge is -2.11. The Morgan fingerprint density at radius 3 is 2.10 bits per heavy atom. The zero-order chi connectivity index (χ0) is 15.1. The van der Waals surface area contributed by atoms with Gasteiger partial charge in [0.2, 0.25) is 0 Å². The van der Waals surface area contributed by atoms with E-state index in [1.165, 1.54) is 11.1 Å². The molecule has 0 saturated heterocycles. The number of aryl methyl sites for hydroxylation is 2. The maximum Gasteiger partial charge on any atom is 0.119 e. The van der Waals surface area contributed by atoms with E-state index in [9.17, 15) is 5.26 Å². The Balaban J connectivity index is 1.80. The molecule has 0 N–H and O–H groups in total. The van der Waals surface area contributed by atoms with Crippen LogP contribution in [-0.2, 0) is 0 Å². The van der Waals surface area contributed by atoms with Crippen LogP contribution in [-0.4, -0.2) is 6.61 Å². The number of hydrogen-bond acceptors (Lipinski definition) is 2. The van der Waals surface area contributed by atoms with Gasteiger partial charge in [0, 0.05) is 0 Å². The number of benzene rings is 2. The first-order chi connectivity index (χ1) is 10.2. The maximum absolute atomic E-state index is 9.30. The van der Waals surface area contributed by atoms with E-state index in [1.54, 1.807) is 0 Å². The Morgan fingerprint density at radius 1 is 0.952 bits per heavy atom. The van der Waals surface area contributed by atoms with Gasteiger partial charge in [-0.2, -0.15) is 5.26 Å². The Bertz CT molecular complexity index is 593. The van der Waals surface area contributed by atoms with Crippen LogP contribution in [0.25, 0.3) is 0 Å². The van der Waals surface area contributed by atoms with Crippen molar-refractivity contribution in [2.24, 2.45) is 0 Å². The molecule has 0 saturated carbocycles. The second-order valence-corrected chi connectivity index (χ2v) is 5.40. The lowest BCUT2D eigenvalue weighted by Crippen LogP contribution is -2.02. The molecule has 1 unspecified atom stereocenters. The van der Waals surface area contributed by atoms with E-state index in [4.69, 9.17) is 4.74 Å². The van der Waals surface area contributed by atoms with Crippen molar-refractivity contribution < 1.29 is 4.74 Å². The first-order valence-corrected chi connectivity index (χ1v) is 7.34. The van der Waals surface area contributed by atoms with Crippen LogP contribution in [0.2, 0.25) is 0 Å². The van der Waals surface area contributed by atoms with Crippen LogP contribution in [0, 0.1) is 25.2 Å². The van der Waals surface area contributed by atoms with Gasteiger partial charge in [0.05, 0.1) is 18.6 Å². The summed E-state index contributed by atoms with van der Waals surface area (Å²) in [5.74, 6) is 0.844. The molecule has 0 aliphatic heterocycles. The summed E-state index contributed by atoms with van der Waals surface area (Å²) in [6.45, 7) is 4.76. The summed E-state index contributed by atoms with van der Waals surface area (Å²) in [5, 5.41) is 9.30. The van der Waals surface area contributed by atoms with Gasteiger partial charge in [0.15, 0.2) is 0 Å². The van der Waals surface area contributed by atoms with E-state index in [2.05, 4.69) is 32.0 Å². The van der Waals surface area contributed by atoms with Crippen molar-refractivity contribution in [3.8, 4) is 11.8 Å². The van der Waals surface area contributed by atoms with Crippen molar-refractivity contribution >= 4 is 0 Å². The smallest absolute Gasteiger partial charge is 0.119 e. The number of nitriles is 1. The Labute approximate surface area is 127 Å². The Morgan fingerprint density at radius 2 is 1.52 bits per heavy atom. The molecular weight excluding hydrogens is 258 g/mol. The number of hydrogen-bond donors (Lipinski definition) is 0. The van der Waals surface area contributed by atoms with Crippen molar-refractivity contribution in [1.29, 1.82) is 5.26 Å². The molecule has 0 aliphatic carbocycles. The van der Waals surface area contributed by atoms with Crippen LogP contribution in [0.5, 0.6) is 5.75 Å². The van der Waals surface area contributed by atoms with E-state index in [1.807, 2.05) is 36.4 Å². The van der Waals surface area contributed by atoms with E-state index in [0.717, 1.165) is 24.2 Å².